The third kappa shape index (κ3) is 3.04. The molecule has 0 spiro atoms. The second-order valence-corrected chi connectivity index (χ2v) is 5.81. The molecule has 1 aliphatic heterocycles. The van der Waals surface area contributed by atoms with Gasteiger partial charge in [0.2, 0.25) is 0 Å². The monoisotopic (exact) mass is 211 g/mol. The Morgan fingerprint density at radius 2 is 2.00 bits per heavy atom. The van der Waals surface area contributed by atoms with Crippen LogP contribution in [-0.2, 0) is 4.79 Å². The first-order chi connectivity index (χ1) is 6.86. The highest BCUT2D eigenvalue weighted by Crippen LogP contribution is 2.29. The van der Waals surface area contributed by atoms with E-state index in [1.54, 1.807) is 0 Å². The van der Waals surface area contributed by atoms with E-state index in [0.29, 0.717) is 18.1 Å². The standard InChI is InChI=1S/C13H25NO/c1-6-12(15)11-9-14(13(3,4)5)8-7-10(11)2/h10-11H,6-9H2,1-5H3/t10-,11-/m0/s1. The second kappa shape index (κ2) is 4.65. The summed E-state index contributed by atoms with van der Waals surface area (Å²) >= 11 is 0. The summed E-state index contributed by atoms with van der Waals surface area (Å²) in [5.74, 6) is 1.27. The first-order valence-corrected chi connectivity index (χ1v) is 6.14. The third-order valence-corrected chi connectivity index (χ3v) is 3.67. The minimum atomic E-state index is 0.201. The zero-order chi connectivity index (χ0) is 11.6. The van der Waals surface area contributed by atoms with Crippen molar-refractivity contribution >= 4 is 5.78 Å². The normalized spacial score (nSPS) is 29.1. The quantitative estimate of drug-likeness (QED) is 0.700. The van der Waals surface area contributed by atoms with Crippen molar-refractivity contribution in [1.29, 1.82) is 0 Å². The van der Waals surface area contributed by atoms with Gasteiger partial charge in [0.15, 0.2) is 0 Å². The second-order valence-electron chi connectivity index (χ2n) is 5.81. The molecule has 0 aromatic rings. The van der Waals surface area contributed by atoms with E-state index in [4.69, 9.17) is 0 Å². The number of Topliss-reactive ketones (excluding diaryl/α,β-unsaturated/α-hetero) is 1. The molecule has 2 atom stereocenters. The molecule has 2 heteroatoms. The van der Waals surface area contributed by atoms with Gasteiger partial charge < -0.3 is 0 Å². The Kier molecular flexibility index (Phi) is 3.93. The summed E-state index contributed by atoms with van der Waals surface area (Å²) in [6.07, 6.45) is 1.85. The summed E-state index contributed by atoms with van der Waals surface area (Å²) in [6, 6.07) is 0. The van der Waals surface area contributed by atoms with Crippen molar-refractivity contribution < 1.29 is 4.79 Å². The molecule has 1 heterocycles. The highest BCUT2D eigenvalue weighted by molar-refractivity contribution is 5.81. The Bertz CT molecular complexity index is 229. The maximum absolute atomic E-state index is 11.8. The van der Waals surface area contributed by atoms with Gasteiger partial charge in [-0.15, -0.1) is 0 Å². The van der Waals surface area contributed by atoms with Crippen LogP contribution in [0.4, 0.5) is 0 Å². The predicted molar refractivity (Wildman–Crippen MR) is 63.9 cm³/mol. The van der Waals surface area contributed by atoms with Gasteiger partial charge in [0.1, 0.15) is 5.78 Å². The van der Waals surface area contributed by atoms with Gasteiger partial charge in [-0.1, -0.05) is 13.8 Å². The fraction of sp³-hybridized carbons (Fsp3) is 0.923. The van der Waals surface area contributed by atoms with Gasteiger partial charge in [0.05, 0.1) is 0 Å². The Morgan fingerprint density at radius 1 is 1.40 bits per heavy atom. The zero-order valence-electron chi connectivity index (χ0n) is 10.8. The van der Waals surface area contributed by atoms with E-state index in [-0.39, 0.29) is 11.5 Å². The molecule has 0 amide bonds. The molecule has 0 aromatic carbocycles. The molecule has 1 rings (SSSR count). The van der Waals surface area contributed by atoms with Crippen molar-refractivity contribution in [1.82, 2.24) is 4.90 Å². The Morgan fingerprint density at radius 3 is 2.47 bits per heavy atom. The smallest absolute Gasteiger partial charge is 0.137 e. The largest absolute Gasteiger partial charge is 0.299 e. The number of piperidine rings is 1. The Balaban J connectivity index is 2.68. The van der Waals surface area contributed by atoms with E-state index in [1.807, 2.05) is 6.92 Å². The molecule has 1 saturated heterocycles. The number of hydrogen-bond donors (Lipinski definition) is 0. The number of likely N-dealkylation sites (tertiary alicyclic amines) is 1. The molecule has 0 radical (unpaired) electrons. The van der Waals surface area contributed by atoms with Gasteiger partial charge in [-0.3, -0.25) is 9.69 Å². The lowest BCUT2D eigenvalue weighted by molar-refractivity contribution is -0.127. The summed E-state index contributed by atoms with van der Waals surface area (Å²) in [4.78, 5) is 14.3. The Hall–Kier alpha value is -0.370. The highest BCUT2D eigenvalue weighted by atomic mass is 16.1. The van der Waals surface area contributed by atoms with Crippen LogP contribution in [0.5, 0.6) is 0 Å². The van der Waals surface area contributed by atoms with Crippen molar-refractivity contribution in [2.45, 2.75) is 53.0 Å². The van der Waals surface area contributed by atoms with E-state index in [2.05, 4.69) is 32.6 Å². The van der Waals surface area contributed by atoms with Crippen LogP contribution in [0.25, 0.3) is 0 Å². The average Bonchev–Trinajstić information content (AvgIpc) is 2.15. The van der Waals surface area contributed by atoms with E-state index < -0.39 is 0 Å². The van der Waals surface area contributed by atoms with Crippen LogP contribution in [0.3, 0.4) is 0 Å². The first kappa shape index (κ1) is 12.7. The van der Waals surface area contributed by atoms with Crippen molar-refractivity contribution in [3.8, 4) is 0 Å². The molecular weight excluding hydrogens is 186 g/mol. The molecule has 0 aromatic heterocycles. The number of nitrogens with zero attached hydrogens (tertiary/aromatic N) is 1. The number of carbonyl (C=O) groups excluding carboxylic acids is 1. The van der Waals surface area contributed by atoms with Crippen molar-refractivity contribution in [3.05, 3.63) is 0 Å². The van der Waals surface area contributed by atoms with E-state index in [0.717, 1.165) is 19.5 Å². The predicted octanol–water partition coefficient (Wildman–Crippen LogP) is 2.72. The van der Waals surface area contributed by atoms with Gasteiger partial charge in [-0.05, 0) is 39.7 Å². The molecule has 0 aliphatic carbocycles. The topological polar surface area (TPSA) is 20.3 Å². The van der Waals surface area contributed by atoms with Crippen LogP contribution in [0.1, 0.15) is 47.5 Å². The molecule has 88 valence electrons. The summed E-state index contributed by atoms with van der Waals surface area (Å²) in [6.45, 7) is 13.0. The lowest BCUT2D eigenvalue weighted by Gasteiger charge is -2.43. The highest BCUT2D eigenvalue weighted by Gasteiger charge is 2.34. The lowest BCUT2D eigenvalue weighted by atomic mass is 9.81. The van der Waals surface area contributed by atoms with Gasteiger partial charge >= 0.3 is 0 Å². The van der Waals surface area contributed by atoms with Gasteiger partial charge in [0, 0.05) is 24.4 Å². The van der Waals surface area contributed by atoms with Crippen LogP contribution < -0.4 is 0 Å². The number of rotatable bonds is 2. The van der Waals surface area contributed by atoms with Gasteiger partial charge in [-0.2, -0.15) is 0 Å². The fourth-order valence-electron chi connectivity index (χ4n) is 2.36. The van der Waals surface area contributed by atoms with Crippen LogP contribution in [0, 0.1) is 11.8 Å². The maximum atomic E-state index is 11.8. The van der Waals surface area contributed by atoms with Crippen LogP contribution in [0.2, 0.25) is 0 Å². The number of hydrogen-bond acceptors (Lipinski definition) is 2. The van der Waals surface area contributed by atoms with Crippen molar-refractivity contribution in [2.75, 3.05) is 13.1 Å². The molecule has 1 fully saturated rings. The van der Waals surface area contributed by atoms with E-state index in [1.165, 1.54) is 0 Å². The lowest BCUT2D eigenvalue weighted by Crippen LogP contribution is -2.51. The van der Waals surface area contributed by atoms with E-state index >= 15 is 0 Å². The molecule has 2 nitrogen and oxygen atoms in total. The minimum absolute atomic E-state index is 0.201. The first-order valence-electron chi connectivity index (χ1n) is 6.14. The van der Waals surface area contributed by atoms with Crippen molar-refractivity contribution in [2.24, 2.45) is 11.8 Å². The minimum Gasteiger partial charge on any atom is -0.299 e. The molecule has 0 bridgehead atoms. The van der Waals surface area contributed by atoms with E-state index in [9.17, 15) is 4.79 Å². The van der Waals surface area contributed by atoms with Crippen LogP contribution in [-0.4, -0.2) is 29.3 Å². The molecule has 0 saturated carbocycles. The van der Waals surface area contributed by atoms with Gasteiger partial charge in [-0.25, -0.2) is 0 Å². The fourth-order valence-corrected chi connectivity index (χ4v) is 2.36. The average molecular weight is 211 g/mol. The summed E-state index contributed by atoms with van der Waals surface area (Å²) in [5.41, 5.74) is 0.201. The third-order valence-electron chi connectivity index (χ3n) is 3.67. The van der Waals surface area contributed by atoms with Crippen LogP contribution in [0.15, 0.2) is 0 Å². The number of carbonyl (C=O) groups is 1. The summed E-state index contributed by atoms with van der Waals surface area (Å²) in [5, 5.41) is 0. The molecule has 15 heavy (non-hydrogen) atoms. The summed E-state index contributed by atoms with van der Waals surface area (Å²) < 4.78 is 0. The SMILES string of the molecule is CCC(=O)[C@H]1CN(C(C)(C)C)CC[C@@H]1C. The van der Waals surface area contributed by atoms with Crippen LogP contribution >= 0.6 is 0 Å². The molecule has 1 aliphatic rings. The van der Waals surface area contributed by atoms with Gasteiger partial charge in [0.25, 0.3) is 0 Å². The number of ketones is 1. The zero-order valence-corrected chi connectivity index (χ0v) is 10.8. The molecular formula is C13H25NO. The summed E-state index contributed by atoms with van der Waals surface area (Å²) in [7, 11) is 0. The molecule has 0 unspecified atom stereocenters. The van der Waals surface area contributed by atoms with Crippen molar-refractivity contribution in [3.63, 3.8) is 0 Å². The Labute approximate surface area is 94.0 Å². The molecule has 0 N–H and O–H groups in total. The maximum Gasteiger partial charge on any atom is 0.137 e.